The highest BCUT2D eigenvalue weighted by molar-refractivity contribution is 6.61. The van der Waals surface area contributed by atoms with Gasteiger partial charge >= 0.3 is 19.2 Å². The Morgan fingerprint density at radius 2 is 2.10 bits per heavy atom. The standard InChI is InChI=1S/C12H14BFN2O5/c1-12(2,3)21-11(17)16-10-15-8-6(13(18)19)4-5-7(14)9(8)20-10/h4-5,18-19H,1-3H3,(H,15,16,17). The van der Waals surface area contributed by atoms with E-state index in [0.29, 0.717) is 0 Å². The van der Waals surface area contributed by atoms with Crippen molar-refractivity contribution >= 4 is 35.8 Å². The third-order valence-corrected chi connectivity index (χ3v) is 2.41. The summed E-state index contributed by atoms with van der Waals surface area (Å²) in [5, 5.41) is 20.6. The lowest BCUT2D eigenvalue weighted by atomic mass is 9.79. The maximum absolute atomic E-state index is 13.6. The number of aromatic nitrogens is 1. The van der Waals surface area contributed by atoms with Crippen LogP contribution in [0.5, 0.6) is 0 Å². The van der Waals surface area contributed by atoms with Crippen LogP contribution in [0.25, 0.3) is 11.1 Å². The van der Waals surface area contributed by atoms with E-state index in [2.05, 4.69) is 10.3 Å². The van der Waals surface area contributed by atoms with Gasteiger partial charge in [-0.1, -0.05) is 6.07 Å². The molecule has 0 spiro atoms. The Bertz CT molecular complexity index is 680. The zero-order valence-corrected chi connectivity index (χ0v) is 11.7. The molecule has 112 valence electrons. The Morgan fingerprint density at radius 1 is 1.43 bits per heavy atom. The predicted molar refractivity (Wildman–Crippen MR) is 73.6 cm³/mol. The van der Waals surface area contributed by atoms with Crippen molar-refractivity contribution in [1.29, 1.82) is 0 Å². The molecule has 0 saturated heterocycles. The van der Waals surface area contributed by atoms with Crippen molar-refractivity contribution in [2.75, 3.05) is 5.32 Å². The lowest BCUT2D eigenvalue weighted by molar-refractivity contribution is 0.0632. The molecule has 9 heteroatoms. The highest BCUT2D eigenvalue weighted by atomic mass is 19.1. The van der Waals surface area contributed by atoms with Crippen LogP contribution in [-0.4, -0.2) is 33.8 Å². The largest absolute Gasteiger partial charge is 0.490 e. The van der Waals surface area contributed by atoms with Crippen LogP contribution in [0.2, 0.25) is 0 Å². The number of fused-ring (bicyclic) bond motifs is 1. The molecular weight excluding hydrogens is 282 g/mol. The number of carbonyl (C=O) groups excluding carboxylic acids is 1. The number of hydrogen-bond acceptors (Lipinski definition) is 6. The normalized spacial score (nSPS) is 11.5. The van der Waals surface area contributed by atoms with E-state index >= 15 is 0 Å². The quantitative estimate of drug-likeness (QED) is 0.714. The molecule has 0 saturated carbocycles. The van der Waals surface area contributed by atoms with Gasteiger partial charge in [0.25, 0.3) is 0 Å². The van der Waals surface area contributed by atoms with Gasteiger partial charge in [0.2, 0.25) is 0 Å². The van der Waals surface area contributed by atoms with E-state index in [9.17, 15) is 19.2 Å². The van der Waals surface area contributed by atoms with Gasteiger partial charge in [0.1, 0.15) is 11.1 Å². The number of hydrogen-bond donors (Lipinski definition) is 3. The van der Waals surface area contributed by atoms with E-state index in [1.54, 1.807) is 20.8 Å². The van der Waals surface area contributed by atoms with E-state index in [0.717, 1.165) is 6.07 Å². The second-order valence-corrected chi connectivity index (χ2v) is 5.33. The number of nitrogens with zero attached hydrogens (tertiary/aromatic N) is 1. The Balaban J connectivity index is 2.33. The van der Waals surface area contributed by atoms with Gasteiger partial charge in [-0.2, -0.15) is 4.98 Å². The lowest BCUT2D eigenvalue weighted by Gasteiger charge is -2.18. The number of halogens is 1. The van der Waals surface area contributed by atoms with Crippen molar-refractivity contribution < 1.29 is 28.4 Å². The Labute approximate surface area is 119 Å². The molecule has 0 unspecified atom stereocenters. The molecule has 0 aliphatic carbocycles. The van der Waals surface area contributed by atoms with Crippen LogP contribution in [-0.2, 0) is 4.74 Å². The first-order chi connectivity index (χ1) is 9.67. The van der Waals surface area contributed by atoms with Crippen molar-refractivity contribution in [1.82, 2.24) is 4.98 Å². The highest BCUT2D eigenvalue weighted by Gasteiger charge is 2.23. The summed E-state index contributed by atoms with van der Waals surface area (Å²) in [6, 6.07) is 1.88. The second-order valence-electron chi connectivity index (χ2n) is 5.33. The Morgan fingerprint density at radius 3 is 2.67 bits per heavy atom. The minimum Gasteiger partial charge on any atom is -0.443 e. The lowest BCUT2D eigenvalue weighted by Crippen LogP contribution is -2.30. The number of amides is 1. The van der Waals surface area contributed by atoms with Crippen molar-refractivity contribution in [3.8, 4) is 0 Å². The van der Waals surface area contributed by atoms with Gasteiger partial charge in [-0.05, 0) is 26.8 Å². The van der Waals surface area contributed by atoms with Gasteiger partial charge in [-0.15, -0.1) is 0 Å². The molecule has 0 atom stereocenters. The average molecular weight is 296 g/mol. The second kappa shape index (κ2) is 5.34. The van der Waals surface area contributed by atoms with Gasteiger partial charge < -0.3 is 19.2 Å². The number of benzene rings is 1. The fourth-order valence-electron chi connectivity index (χ4n) is 1.65. The Kier molecular flexibility index (Phi) is 3.88. The number of carbonyl (C=O) groups is 1. The van der Waals surface area contributed by atoms with E-state index in [4.69, 9.17) is 9.15 Å². The SMILES string of the molecule is CC(C)(C)OC(=O)Nc1nc2c(B(O)O)ccc(F)c2o1. The van der Waals surface area contributed by atoms with Crippen LogP contribution < -0.4 is 10.8 Å². The van der Waals surface area contributed by atoms with E-state index in [1.807, 2.05) is 0 Å². The van der Waals surface area contributed by atoms with E-state index in [-0.39, 0.29) is 22.6 Å². The van der Waals surface area contributed by atoms with E-state index < -0.39 is 24.6 Å². The molecule has 0 radical (unpaired) electrons. The highest BCUT2D eigenvalue weighted by Crippen LogP contribution is 2.21. The van der Waals surface area contributed by atoms with Crippen molar-refractivity contribution in [3.63, 3.8) is 0 Å². The number of ether oxygens (including phenoxy) is 1. The summed E-state index contributed by atoms with van der Waals surface area (Å²) in [4.78, 5) is 15.4. The summed E-state index contributed by atoms with van der Waals surface area (Å²) in [5.41, 5.74) is -1.12. The fourth-order valence-corrected chi connectivity index (χ4v) is 1.65. The van der Waals surface area contributed by atoms with Crippen LogP contribution in [0.1, 0.15) is 20.8 Å². The molecule has 1 aromatic carbocycles. The minimum absolute atomic E-state index is 0.0348. The number of rotatable bonds is 2. The molecule has 21 heavy (non-hydrogen) atoms. The van der Waals surface area contributed by atoms with Crippen LogP contribution in [0.15, 0.2) is 16.5 Å². The van der Waals surface area contributed by atoms with Crippen molar-refractivity contribution in [2.24, 2.45) is 0 Å². The third kappa shape index (κ3) is 3.50. The number of oxazole rings is 1. The number of anilines is 1. The van der Waals surface area contributed by atoms with Crippen molar-refractivity contribution in [3.05, 3.63) is 17.9 Å². The minimum atomic E-state index is -1.84. The first-order valence-corrected chi connectivity index (χ1v) is 6.12. The maximum atomic E-state index is 13.6. The smallest absolute Gasteiger partial charge is 0.443 e. The molecule has 0 aliphatic rings. The predicted octanol–water partition coefficient (Wildman–Crippen LogP) is 0.994. The van der Waals surface area contributed by atoms with E-state index in [1.165, 1.54) is 6.07 Å². The summed E-state index contributed by atoms with van der Waals surface area (Å²) >= 11 is 0. The molecule has 2 aromatic rings. The van der Waals surface area contributed by atoms with Crippen LogP contribution in [0.3, 0.4) is 0 Å². The Hall–Kier alpha value is -2.13. The average Bonchev–Trinajstić information content (AvgIpc) is 2.70. The molecule has 0 aliphatic heterocycles. The molecule has 7 nitrogen and oxygen atoms in total. The summed E-state index contributed by atoms with van der Waals surface area (Å²) in [5.74, 6) is -0.737. The molecule has 0 bridgehead atoms. The molecule has 1 amide bonds. The zero-order chi connectivity index (χ0) is 15.8. The molecule has 2 rings (SSSR count). The van der Waals surface area contributed by atoms with Crippen molar-refractivity contribution in [2.45, 2.75) is 26.4 Å². The van der Waals surface area contributed by atoms with Crippen LogP contribution >= 0.6 is 0 Å². The number of nitrogens with one attached hydrogen (secondary N) is 1. The fraction of sp³-hybridized carbons (Fsp3) is 0.333. The maximum Gasteiger partial charge on any atom is 0.490 e. The first-order valence-electron chi connectivity index (χ1n) is 6.12. The van der Waals surface area contributed by atoms with Gasteiger partial charge in [0, 0.05) is 5.46 Å². The molecule has 1 aromatic heterocycles. The van der Waals surface area contributed by atoms with Gasteiger partial charge in [-0.25, -0.2) is 14.5 Å². The summed E-state index contributed by atoms with van der Waals surface area (Å²) in [6.45, 7) is 5.04. The molecule has 0 fully saturated rings. The van der Waals surface area contributed by atoms with Gasteiger partial charge in [-0.3, -0.25) is 0 Å². The third-order valence-electron chi connectivity index (χ3n) is 2.41. The van der Waals surface area contributed by atoms with Crippen LogP contribution in [0, 0.1) is 5.82 Å². The molecule has 1 heterocycles. The molecular formula is C12H14BFN2O5. The summed E-state index contributed by atoms with van der Waals surface area (Å²) < 4.78 is 23.7. The monoisotopic (exact) mass is 296 g/mol. The van der Waals surface area contributed by atoms with Crippen LogP contribution in [0.4, 0.5) is 15.2 Å². The molecule has 3 N–H and O–H groups in total. The summed E-state index contributed by atoms with van der Waals surface area (Å²) in [6.07, 6.45) is -0.819. The zero-order valence-electron chi connectivity index (χ0n) is 11.7. The first kappa shape index (κ1) is 15.3. The van der Waals surface area contributed by atoms with Gasteiger partial charge in [0.05, 0.1) is 0 Å². The summed E-state index contributed by atoms with van der Waals surface area (Å²) in [7, 11) is -1.84. The van der Waals surface area contributed by atoms with Gasteiger partial charge in [0.15, 0.2) is 11.4 Å². The topological polar surface area (TPSA) is 105 Å².